The average Bonchev–Trinajstić information content (AvgIpc) is 2.59. The SMILES string of the molecule is Bc1cc(C#N)c(/N=N/c2ccc(N(B)B)cc2NS(B)(=O)=O)c(C#N)c1. The van der Waals surface area contributed by atoms with Gasteiger partial charge in [-0.15, -0.1) is 10.2 Å². The highest BCUT2D eigenvalue weighted by atomic mass is 32.2. The molecule has 0 unspecified atom stereocenters. The van der Waals surface area contributed by atoms with Gasteiger partial charge in [-0.25, -0.2) is 8.42 Å². The van der Waals surface area contributed by atoms with Crippen LogP contribution in [-0.2, 0) is 9.87 Å². The molecule has 0 saturated carbocycles. The van der Waals surface area contributed by atoms with E-state index in [1.807, 2.05) is 32.8 Å². The summed E-state index contributed by atoms with van der Waals surface area (Å²) in [5.41, 5.74) is 2.63. The van der Waals surface area contributed by atoms with E-state index in [2.05, 4.69) is 15.0 Å². The molecule has 2 aromatic carbocycles. The van der Waals surface area contributed by atoms with Gasteiger partial charge in [0, 0.05) is 5.69 Å². The molecule has 0 radical (unpaired) electrons. The van der Waals surface area contributed by atoms with E-state index < -0.39 is 9.87 Å². The molecule has 0 bridgehead atoms. The Morgan fingerprint density at radius 3 is 2.11 bits per heavy atom. The van der Waals surface area contributed by atoms with Crippen molar-refractivity contribution < 1.29 is 8.42 Å². The lowest BCUT2D eigenvalue weighted by Gasteiger charge is -2.16. The van der Waals surface area contributed by atoms with Crippen LogP contribution < -0.4 is 14.9 Å². The molecule has 0 atom stereocenters. The summed E-state index contributed by atoms with van der Waals surface area (Å²) in [7, 11) is 2.93. The van der Waals surface area contributed by atoms with Crippen molar-refractivity contribution in [1.82, 2.24) is 0 Å². The Bertz CT molecular complexity index is 1070. The monoisotopic (exact) mass is 374 g/mol. The van der Waals surface area contributed by atoms with E-state index >= 15 is 0 Å². The maximum Gasteiger partial charge on any atom is 0.282 e. The van der Waals surface area contributed by atoms with Gasteiger partial charge in [0.15, 0.2) is 9.87 Å². The second kappa shape index (κ2) is 8.02. The first-order chi connectivity index (χ1) is 12.6. The van der Waals surface area contributed by atoms with E-state index in [-0.39, 0.29) is 28.2 Å². The first kappa shape index (κ1) is 20.1. The summed E-state index contributed by atoms with van der Waals surface area (Å²) in [5.74, 6) is 0. The van der Waals surface area contributed by atoms with Crippen molar-refractivity contribution in [1.29, 1.82) is 10.5 Å². The van der Waals surface area contributed by atoms with Crippen molar-refractivity contribution in [2.75, 3.05) is 9.44 Å². The topological polar surface area (TPSA) is 122 Å². The van der Waals surface area contributed by atoms with Gasteiger partial charge >= 0.3 is 0 Å². The molecule has 0 aliphatic heterocycles. The number of azo groups is 1. The van der Waals surface area contributed by atoms with Crippen molar-refractivity contribution in [3.05, 3.63) is 41.5 Å². The molecule has 130 valence electrons. The smallest absolute Gasteiger partial charge is 0.282 e. The first-order valence-corrected chi connectivity index (χ1v) is 9.69. The van der Waals surface area contributed by atoms with E-state index in [1.165, 1.54) is 0 Å². The summed E-state index contributed by atoms with van der Waals surface area (Å²) >= 11 is 0. The first-order valence-electron chi connectivity index (χ1n) is 7.80. The second-order valence-corrected chi connectivity index (χ2v) is 7.85. The van der Waals surface area contributed by atoms with Crippen LogP contribution in [0.3, 0.4) is 0 Å². The largest absolute Gasteiger partial charge is 0.472 e. The Morgan fingerprint density at radius 1 is 1.04 bits per heavy atom. The minimum atomic E-state index is -3.53. The Balaban J connectivity index is 2.58. The molecule has 0 fully saturated rings. The number of anilines is 2. The zero-order chi connectivity index (χ0) is 20.2. The Labute approximate surface area is 161 Å². The normalized spacial score (nSPS) is 10.9. The lowest BCUT2D eigenvalue weighted by Crippen LogP contribution is -2.15. The lowest BCUT2D eigenvalue weighted by atomic mass is 9.91. The Morgan fingerprint density at radius 2 is 1.63 bits per heavy atom. The van der Waals surface area contributed by atoms with Crippen LogP contribution in [0.25, 0.3) is 0 Å². The molecule has 27 heavy (non-hydrogen) atoms. The maximum absolute atomic E-state index is 11.7. The number of nitrogens with zero attached hydrogens (tertiary/aromatic N) is 5. The van der Waals surface area contributed by atoms with Crippen molar-refractivity contribution >= 4 is 69.0 Å². The molecule has 0 heterocycles. The number of benzene rings is 2. The van der Waals surface area contributed by atoms with E-state index in [4.69, 9.17) is 0 Å². The molecule has 0 saturated heterocycles. The molecule has 0 aromatic heterocycles. The van der Waals surface area contributed by atoms with Crippen LogP contribution in [0.15, 0.2) is 40.6 Å². The lowest BCUT2D eigenvalue weighted by molar-refractivity contribution is 0.614. The predicted molar refractivity (Wildman–Crippen MR) is 115 cm³/mol. The molecular formula is C14H14B4N6O2S. The molecule has 2 rings (SSSR count). The quantitative estimate of drug-likeness (QED) is 0.494. The van der Waals surface area contributed by atoms with Crippen LogP contribution in [0.5, 0.6) is 0 Å². The van der Waals surface area contributed by atoms with Crippen molar-refractivity contribution in [2.24, 2.45) is 10.2 Å². The number of hydrogen-bond acceptors (Lipinski definition) is 7. The molecule has 0 amide bonds. The average molecular weight is 374 g/mol. The summed E-state index contributed by atoms with van der Waals surface area (Å²) < 4.78 is 27.6. The fourth-order valence-corrected chi connectivity index (χ4v) is 2.89. The van der Waals surface area contributed by atoms with E-state index in [9.17, 15) is 18.9 Å². The highest BCUT2D eigenvalue weighted by Gasteiger charge is 2.12. The number of nitriles is 2. The maximum atomic E-state index is 11.7. The third-order valence-electron chi connectivity index (χ3n) is 3.54. The number of rotatable bonds is 5. The molecule has 8 nitrogen and oxygen atoms in total. The summed E-state index contributed by atoms with van der Waals surface area (Å²) in [5, 5.41) is 26.8. The zero-order valence-electron chi connectivity index (χ0n) is 15.3. The summed E-state index contributed by atoms with van der Waals surface area (Å²) in [6.45, 7) is 0. The highest BCUT2D eigenvalue weighted by molar-refractivity contribution is 8.13. The summed E-state index contributed by atoms with van der Waals surface area (Å²) in [6, 6.07) is 12.2. The van der Waals surface area contributed by atoms with E-state index in [1.54, 1.807) is 38.2 Å². The van der Waals surface area contributed by atoms with Gasteiger partial charge in [-0.3, -0.25) is 4.72 Å². The van der Waals surface area contributed by atoms with Crippen molar-refractivity contribution in [2.45, 2.75) is 0 Å². The van der Waals surface area contributed by atoms with Gasteiger partial charge in [0.05, 0.1) is 16.8 Å². The Kier molecular flexibility index (Phi) is 5.98. The number of nitrogens with one attached hydrogen (secondary N) is 1. The second-order valence-electron chi connectivity index (χ2n) is 6.10. The fourth-order valence-electron chi connectivity index (χ4n) is 2.33. The third kappa shape index (κ3) is 5.16. The van der Waals surface area contributed by atoms with Gasteiger partial charge < -0.3 is 4.72 Å². The van der Waals surface area contributed by atoms with Crippen LogP contribution in [0.2, 0.25) is 0 Å². The minimum absolute atomic E-state index is 0.146. The minimum Gasteiger partial charge on any atom is -0.472 e. The summed E-state index contributed by atoms with van der Waals surface area (Å²) in [6.07, 6.45) is 0. The van der Waals surface area contributed by atoms with Crippen molar-refractivity contribution in [3.63, 3.8) is 0 Å². The van der Waals surface area contributed by atoms with Crippen LogP contribution in [0.1, 0.15) is 11.1 Å². The molecule has 2 aromatic rings. The van der Waals surface area contributed by atoms with Gasteiger partial charge in [0.2, 0.25) is 16.0 Å². The molecular weight excluding hydrogens is 360 g/mol. The molecule has 0 spiro atoms. The molecule has 1 N–H and O–H groups in total. The van der Waals surface area contributed by atoms with Gasteiger partial charge in [0.1, 0.15) is 31.4 Å². The number of hydrogen-bond donors (Lipinski definition) is 1. The van der Waals surface area contributed by atoms with E-state index in [0.717, 1.165) is 18.3 Å². The van der Waals surface area contributed by atoms with Crippen LogP contribution >= 0.6 is 0 Å². The van der Waals surface area contributed by atoms with Crippen LogP contribution in [-0.4, -0.2) is 39.4 Å². The predicted octanol–water partition coefficient (Wildman–Crippen LogP) is -1.70. The Hall–Kier alpha value is -3.17. The highest BCUT2D eigenvalue weighted by Crippen LogP contribution is 2.32. The van der Waals surface area contributed by atoms with Gasteiger partial charge in [-0.2, -0.15) is 10.5 Å². The molecule has 0 aliphatic carbocycles. The molecule has 13 heteroatoms. The standard InChI is InChI=1S/C14H14B4N6O2S/c15-10-3-8(6-19)14(9(4-10)7-20)22-21-12-2-1-11(24(16)17)5-13(12)23-27(18,25)26/h1-5,23H,15-18H2/b22-21+. The molecule has 0 aliphatic rings. The van der Waals surface area contributed by atoms with Gasteiger partial charge in [-0.1, -0.05) is 5.46 Å². The zero-order valence-corrected chi connectivity index (χ0v) is 16.2. The van der Waals surface area contributed by atoms with Crippen LogP contribution in [0.4, 0.5) is 22.7 Å². The fraction of sp³-hybridized carbons (Fsp3) is 0. The third-order valence-corrected chi connectivity index (χ3v) is 4.14. The summed E-state index contributed by atoms with van der Waals surface area (Å²) in [4.78, 5) is 0. The van der Waals surface area contributed by atoms with Gasteiger partial charge in [-0.05, 0) is 30.3 Å². The van der Waals surface area contributed by atoms with Crippen molar-refractivity contribution in [3.8, 4) is 12.1 Å². The van der Waals surface area contributed by atoms with Gasteiger partial charge in [0.25, 0.3) is 7.12 Å². The van der Waals surface area contributed by atoms with Crippen LogP contribution in [0, 0.1) is 22.7 Å². The van der Waals surface area contributed by atoms with E-state index in [0.29, 0.717) is 0 Å².